The lowest BCUT2D eigenvalue weighted by Gasteiger charge is -2.22. The molecule has 0 aromatic carbocycles. The van der Waals surface area contributed by atoms with Crippen LogP contribution in [-0.2, 0) is 6.54 Å². The van der Waals surface area contributed by atoms with Gasteiger partial charge in [-0.2, -0.15) is 5.10 Å². The maximum Gasteiger partial charge on any atom is 0.0639 e. The van der Waals surface area contributed by atoms with E-state index in [-0.39, 0.29) is 0 Å². The lowest BCUT2D eigenvalue weighted by atomic mass is 9.90. The number of aromatic amines is 1. The van der Waals surface area contributed by atoms with Gasteiger partial charge < -0.3 is 5.73 Å². The summed E-state index contributed by atoms with van der Waals surface area (Å²) >= 11 is 0. The third-order valence-electron chi connectivity index (χ3n) is 3.79. The number of aromatic nitrogens is 2. The Morgan fingerprint density at radius 2 is 2.25 bits per heavy atom. The van der Waals surface area contributed by atoms with Crippen LogP contribution in [0.5, 0.6) is 0 Å². The Morgan fingerprint density at radius 1 is 1.50 bits per heavy atom. The number of likely N-dealkylation sites (tertiary alicyclic amines) is 1. The van der Waals surface area contributed by atoms with Gasteiger partial charge in [-0.25, -0.2) is 0 Å². The van der Waals surface area contributed by atoms with Gasteiger partial charge in [0.05, 0.1) is 5.69 Å². The van der Waals surface area contributed by atoms with Crippen molar-refractivity contribution in [1.82, 2.24) is 15.1 Å². The van der Waals surface area contributed by atoms with E-state index in [4.69, 9.17) is 5.73 Å². The van der Waals surface area contributed by atoms with Crippen LogP contribution in [0.4, 0.5) is 0 Å². The van der Waals surface area contributed by atoms with Gasteiger partial charge in [0.25, 0.3) is 0 Å². The first-order valence-corrected chi connectivity index (χ1v) is 5.97. The first-order chi connectivity index (χ1) is 7.54. The summed E-state index contributed by atoms with van der Waals surface area (Å²) < 4.78 is 0. The molecule has 2 heterocycles. The molecular formula is C12H22N4. The summed E-state index contributed by atoms with van der Waals surface area (Å²) in [5.74, 6) is 0. The maximum absolute atomic E-state index is 5.82. The quantitative estimate of drug-likeness (QED) is 0.808. The molecule has 16 heavy (non-hydrogen) atoms. The number of nitrogens with zero attached hydrogens (tertiary/aromatic N) is 2. The van der Waals surface area contributed by atoms with E-state index in [0.29, 0.717) is 5.41 Å². The Hall–Kier alpha value is -0.870. The average Bonchev–Trinajstić information content (AvgIpc) is 2.78. The summed E-state index contributed by atoms with van der Waals surface area (Å²) in [6, 6.07) is 0. The third-order valence-corrected chi connectivity index (χ3v) is 3.79. The Kier molecular flexibility index (Phi) is 3.04. The van der Waals surface area contributed by atoms with Crippen LogP contribution in [0.2, 0.25) is 0 Å². The summed E-state index contributed by atoms with van der Waals surface area (Å²) in [7, 11) is 0. The zero-order chi connectivity index (χ0) is 11.8. The monoisotopic (exact) mass is 222 g/mol. The van der Waals surface area contributed by atoms with Crippen molar-refractivity contribution < 1.29 is 0 Å². The standard InChI is InChI=1S/C12H22N4/c1-9-11(10(2)15-14-9)6-16-5-4-12(3,7-13)8-16/h4-8,13H2,1-3H3,(H,14,15). The fraction of sp³-hybridized carbons (Fsp3) is 0.750. The minimum atomic E-state index is 0.311. The molecule has 4 nitrogen and oxygen atoms in total. The van der Waals surface area contributed by atoms with Crippen LogP contribution in [0.3, 0.4) is 0 Å². The molecule has 1 aliphatic heterocycles. The zero-order valence-electron chi connectivity index (χ0n) is 10.5. The molecule has 1 fully saturated rings. The highest BCUT2D eigenvalue weighted by atomic mass is 15.2. The van der Waals surface area contributed by atoms with E-state index in [0.717, 1.165) is 31.9 Å². The molecular weight excluding hydrogens is 200 g/mol. The molecule has 0 radical (unpaired) electrons. The molecule has 1 unspecified atom stereocenters. The SMILES string of the molecule is Cc1n[nH]c(C)c1CN1CCC(C)(CN)C1. The van der Waals surface area contributed by atoms with Crippen molar-refractivity contribution in [2.24, 2.45) is 11.1 Å². The van der Waals surface area contributed by atoms with Crippen molar-refractivity contribution in [2.45, 2.75) is 33.7 Å². The van der Waals surface area contributed by atoms with E-state index in [1.807, 2.05) is 0 Å². The highest BCUT2D eigenvalue weighted by molar-refractivity contribution is 5.23. The topological polar surface area (TPSA) is 57.9 Å². The van der Waals surface area contributed by atoms with Crippen molar-refractivity contribution >= 4 is 0 Å². The smallest absolute Gasteiger partial charge is 0.0639 e. The minimum absolute atomic E-state index is 0.311. The predicted octanol–water partition coefficient (Wildman–Crippen LogP) is 1.20. The van der Waals surface area contributed by atoms with Crippen molar-refractivity contribution in [1.29, 1.82) is 0 Å². The minimum Gasteiger partial charge on any atom is -0.330 e. The van der Waals surface area contributed by atoms with E-state index >= 15 is 0 Å². The summed E-state index contributed by atoms with van der Waals surface area (Å²) in [5.41, 5.74) is 9.80. The van der Waals surface area contributed by atoms with E-state index in [2.05, 4.69) is 35.9 Å². The zero-order valence-corrected chi connectivity index (χ0v) is 10.5. The van der Waals surface area contributed by atoms with Crippen molar-refractivity contribution in [2.75, 3.05) is 19.6 Å². The van der Waals surface area contributed by atoms with Crippen LogP contribution in [0.25, 0.3) is 0 Å². The highest BCUT2D eigenvalue weighted by Gasteiger charge is 2.32. The van der Waals surface area contributed by atoms with Crippen LogP contribution in [-0.4, -0.2) is 34.7 Å². The second-order valence-corrected chi connectivity index (χ2v) is 5.39. The molecule has 1 aliphatic rings. The maximum atomic E-state index is 5.82. The van der Waals surface area contributed by atoms with Crippen molar-refractivity contribution in [3.63, 3.8) is 0 Å². The predicted molar refractivity (Wildman–Crippen MR) is 65.1 cm³/mol. The summed E-state index contributed by atoms with van der Waals surface area (Å²) in [6.45, 7) is 10.5. The summed E-state index contributed by atoms with van der Waals surface area (Å²) in [5, 5.41) is 7.28. The van der Waals surface area contributed by atoms with Gasteiger partial charge in [-0.15, -0.1) is 0 Å². The van der Waals surface area contributed by atoms with Crippen LogP contribution in [0, 0.1) is 19.3 Å². The number of H-pyrrole nitrogens is 1. The number of hydrogen-bond donors (Lipinski definition) is 2. The molecule has 0 saturated carbocycles. The van der Waals surface area contributed by atoms with Gasteiger partial charge >= 0.3 is 0 Å². The number of aryl methyl sites for hydroxylation is 2. The average molecular weight is 222 g/mol. The lowest BCUT2D eigenvalue weighted by molar-refractivity contribution is 0.273. The molecule has 4 heteroatoms. The normalized spacial score (nSPS) is 26.5. The van der Waals surface area contributed by atoms with Crippen LogP contribution >= 0.6 is 0 Å². The molecule has 0 spiro atoms. The number of hydrogen-bond acceptors (Lipinski definition) is 3. The molecule has 3 N–H and O–H groups in total. The van der Waals surface area contributed by atoms with Gasteiger partial charge in [-0.05, 0) is 38.8 Å². The molecule has 1 atom stereocenters. The molecule has 90 valence electrons. The van der Waals surface area contributed by atoms with Gasteiger partial charge in [-0.1, -0.05) is 6.92 Å². The molecule has 0 bridgehead atoms. The first-order valence-electron chi connectivity index (χ1n) is 5.97. The van der Waals surface area contributed by atoms with Gasteiger partial charge in [0.1, 0.15) is 0 Å². The van der Waals surface area contributed by atoms with Crippen LogP contribution in [0.15, 0.2) is 0 Å². The largest absolute Gasteiger partial charge is 0.330 e. The van der Waals surface area contributed by atoms with Crippen molar-refractivity contribution in [3.8, 4) is 0 Å². The number of rotatable bonds is 3. The van der Waals surface area contributed by atoms with Gasteiger partial charge in [0.15, 0.2) is 0 Å². The lowest BCUT2D eigenvalue weighted by Crippen LogP contribution is -2.31. The molecule has 1 aromatic heterocycles. The number of nitrogens with one attached hydrogen (secondary N) is 1. The fourth-order valence-corrected chi connectivity index (χ4v) is 2.46. The van der Waals surface area contributed by atoms with E-state index in [1.165, 1.54) is 17.7 Å². The molecule has 1 aromatic rings. The Balaban J connectivity index is 2.02. The highest BCUT2D eigenvalue weighted by Crippen LogP contribution is 2.30. The molecule has 0 aliphatic carbocycles. The first kappa shape index (κ1) is 11.6. The van der Waals surface area contributed by atoms with E-state index in [1.54, 1.807) is 0 Å². The Morgan fingerprint density at radius 3 is 2.75 bits per heavy atom. The van der Waals surface area contributed by atoms with Crippen LogP contribution in [0.1, 0.15) is 30.3 Å². The second kappa shape index (κ2) is 4.18. The Labute approximate surface area is 97.2 Å². The number of nitrogens with two attached hydrogens (primary N) is 1. The van der Waals surface area contributed by atoms with Gasteiger partial charge in [0.2, 0.25) is 0 Å². The second-order valence-electron chi connectivity index (χ2n) is 5.39. The fourth-order valence-electron chi connectivity index (χ4n) is 2.46. The summed E-state index contributed by atoms with van der Waals surface area (Å²) in [4.78, 5) is 2.48. The van der Waals surface area contributed by atoms with Crippen LogP contribution < -0.4 is 5.73 Å². The Bertz CT molecular complexity index is 352. The molecule has 1 saturated heterocycles. The van der Waals surface area contributed by atoms with Gasteiger partial charge in [0, 0.05) is 24.3 Å². The van der Waals surface area contributed by atoms with Crippen molar-refractivity contribution in [3.05, 3.63) is 17.0 Å². The molecule has 0 amide bonds. The van der Waals surface area contributed by atoms with Gasteiger partial charge in [-0.3, -0.25) is 10.00 Å². The summed E-state index contributed by atoms with van der Waals surface area (Å²) in [6.07, 6.45) is 1.21. The van der Waals surface area contributed by atoms with E-state index < -0.39 is 0 Å². The van der Waals surface area contributed by atoms with E-state index in [9.17, 15) is 0 Å². The third kappa shape index (κ3) is 2.13. The molecule has 2 rings (SSSR count).